The third-order valence-electron chi connectivity index (χ3n) is 2.46. The summed E-state index contributed by atoms with van der Waals surface area (Å²) in [4.78, 5) is 18.8. The molecule has 0 unspecified atom stereocenters. The molecule has 7 heteroatoms. The van der Waals surface area contributed by atoms with Crippen molar-refractivity contribution in [1.29, 1.82) is 0 Å². The number of amides is 1. The first-order valence-corrected chi connectivity index (χ1v) is 7.51. The highest BCUT2D eigenvalue weighted by molar-refractivity contribution is 7.98. The van der Waals surface area contributed by atoms with E-state index in [1.165, 1.54) is 0 Å². The zero-order chi connectivity index (χ0) is 14.4. The first-order chi connectivity index (χ1) is 9.69. The average Bonchev–Trinajstić information content (AvgIpc) is 2.86. The zero-order valence-corrected chi connectivity index (χ0v) is 12.2. The summed E-state index contributed by atoms with van der Waals surface area (Å²) < 4.78 is 0. The van der Waals surface area contributed by atoms with Gasteiger partial charge in [0.25, 0.3) is 5.91 Å². The molecule has 0 saturated heterocycles. The summed E-state index contributed by atoms with van der Waals surface area (Å²) in [5, 5.41) is 11.9. The molecule has 2 aromatic rings. The third-order valence-corrected chi connectivity index (χ3v) is 3.69. The second-order valence-electron chi connectivity index (χ2n) is 4.01. The molecule has 0 fully saturated rings. The fourth-order valence-electron chi connectivity index (χ4n) is 1.57. The Labute approximate surface area is 125 Å². The minimum absolute atomic E-state index is 0.160. The number of hydrogen-bond acceptors (Lipinski definition) is 4. The number of halogens is 1. The van der Waals surface area contributed by atoms with Gasteiger partial charge in [-0.05, 0) is 23.8 Å². The van der Waals surface area contributed by atoms with Gasteiger partial charge in [-0.3, -0.25) is 4.79 Å². The molecule has 2 heterocycles. The molecule has 3 N–H and O–H groups in total. The van der Waals surface area contributed by atoms with Gasteiger partial charge >= 0.3 is 0 Å². The number of aliphatic hydroxyl groups excluding tert-OH is 1. The van der Waals surface area contributed by atoms with Crippen molar-refractivity contribution in [3.63, 3.8) is 0 Å². The molecule has 0 spiro atoms. The lowest BCUT2D eigenvalue weighted by molar-refractivity contribution is 0.102. The number of nitrogens with one attached hydrogen (secondary N) is 2. The van der Waals surface area contributed by atoms with Crippen molar-refractivity contribution in [2.45, 2.75) is 5.75 Å². The Hall–Kier alpha value is -1.50. The number of pyridine rings is 1. The molecule has 0 aliphatic heterocycles. The van der Waals surface area contributed by atoms with Crippen molar-refractivity contribution < 1.29 is 9.90 Å². The lowest BCUT2D eigenvalue weighted by Gasteiger charge is -2.05. The largest absolute Gasteiger partial charge is 0.396 e. The number of aromatic amines is 1. The van der Waals surface area contributed by atoms with Crippen LogP contribution in [-0.4, -0.2) is 33.3 Å². The van der Waals surface area contributed by atoms with Gasteiger partial charge in [0, 0.05) is 23.9 Å². The van der Waals surface area contributed by atoms with Gasteiger partial charge in [0.2, 0.25) is 0 Å². The molecule has 0 aliphatic carbocycles. The summed E-state index contributed by atoms with van der Waals surface area (Å²) in [6.45, 7) is 0.160. The number of aromatic nitrogens is 2. The van der Waals surface area contributed by atoms with E-state index in [2.05, 4.69) is 15.3 Å². The van der Waals surface area contributed by atoms with E-state index in [0.717, 1.165) is 11.3 Å². The van der Waals surface area contributed by atoms with Gasteiger partial charge in [-0.15, -0.1) is 0 Å². The lowest BCUT2D eigenvalue weighted by Crippen LogP contribution is -2.13. The maximum atomic E-state index is 11.9. The predicted octanol–water partition coefficient (Wildman–Crippen LogP) is 2.54. The van der Waals surface area contributed by atoms with Crippen LogP contribution in [0.5, 0.6) is 0 Å². The van der Waals surface area contributed by atoms with E-state index < -0.39 is 0 Å². The SMILES string of the molecule is O=C(Nc1cc(CSCCO)ccn1)c1cc(Cl)c[nH]1. The van der Waals surface area contributed by atoms with E-state index >= 15 is 0 Å². The summed E-state index contributed by atoms with van der Waals surface area (Å²) in [5.74, 6) is 1.65. The number of nitrogens with zero attached hydrogens (tertiary/aromatic N) is 1. The Morgan fingerprint density at radius 2 is 2.35 bits per heavy atom. The lowest BCUT2D eigenvalue weighted by atomic mass is 10.3. The highest BCUT2D eigenvalue weighted by atomic mass is 35.5. The van der Waals surface area contributed by atoms with Crippen molar-refractivity contribution in [3.05, 3.63) is 46.9 Å². The molecule has 2 aromatic heterocycles. The summed E-state index contributed by atoms with van der Waals surface area (Å²) >= 11 is 7.37. The standard InChI is InChI=1S/C13H14ClN3O2S/c14-10-6-11(16-7-10)13(19)17-12-5-9(1-2-15-12)8-20-4-3-18/h1-2,5-7,16,18H,3-4,8H2,(H,15,17,19). The minimum Gasteiger partial charge on any atom is -0.396 e. The van der Waals surface area contributed by atoms with E-state index in [1.54, 1.807) is 30.2 Å². The summed E-state index contributed by atoms with van der Waals surface area (Å²) in [6.07, 6.45) is 3.19. The van der Waals surface area contributed by atoms with Gasteiger partial charge in [-0.25, -0.2) is 4.98 Å². The molecule has 0 radical (unpaired) electrons. The van der Waals surface area contributed by atoms with E-state index in [-0.39, 0.29) is 12.5 Å². The van der Waals surface area contributed by atoms with Crippen LogP contribution in [0.1, 0.15) is 16.1 Å². The number of carbonyl (C=O) groups excluding carboxylic acids is 1. The number of carbonyl (C=O) groups is 1. The quantitative estimate of drug-likeness (QED) is 0.716. The number of H-pyrrole nitrogens is 1. The summed E-state index contributed by atoms with van der Waals surface area (Å²) in [6, 6.07) is 5.25. The molecule has 20 heavy (non-hydrogen) atoms. The van der Waals surface area contributed by atoms with E-state index in [9.17, 15) is 4.79 Å². The Balaban J connectivity index is 1.98. The monoisotopic (exact) mass is 311 g/mol. The first kappa shape index (κ1) is 14.9. The Kier molecular flexibility index (Phi) is 5.46. The molecule has 5 nitrogen and oxygen atoms in total. The average molecular weight is 312 g/mol. The predicted molar refractivity (Wildman–Crippen MR) is 81.2 cm³/mol. The minimum atomic E-state index is -0.287. The van der Waals surface area contributed by atoms with Crippen LogP contribution in [0, 0.1) is 0 Å². The van der Waals surface area contributed by atoms with Crippen LogP contribution in [0.2, 0.25) is 5.02 Å². The number of rotatable bonds is 6. The maximum absolute atomic E-state index is 11.9. The van der Waals surface area contributed by atoms with Crippen molar-refractivity contribution in [2.75, 3.05) is 17.7 Å². The number of hydrogen-bond donors (Lipinski definition) is 3. The van der Waals surface area contributed by atoms with Gasteiger partial charge < -0.3 is 15.4 Å². The fraction of sp³-hybridized carbons (Fsp3) is 0.231. The Bertz CT molecular complexity index is 589. The second kappa shape index (κ2) is 7.33. The van der Waals surface area contributed by atoms with E-state index in [4.69, 9.17) is 16.7 Å². The van der Waals surface area contributed by atoms with Crippen molar-refractivity contribution in [1.82, 2.24) is 9.97 Å². The van der Waals surface area contributed by atoms with Crippen molar-refractivity contribution >= 4 is 35.1 Å². The molecule has 0 aliphatic rings. The molecule has 0 saturated carbocycles. The third kappa shape index (κ3) is 4.26. The van der Waals surface area contributed by atoms with E-state index in [0.29, 0.717) is 22.3 Å². The van der Waals surface area contributed by atoms with Crippen LogP contribution in [0.4, 0.5) is 5.82 Å². The Morgan fingerprint density at radius 1 is 1.50 bits per heavy atom. The molecule has 1 amide bonds. The number of anilines is 1. The number of thioether (sulfide) groups is 1. The van der Waals surface area contributed by atoms with Crippen LogP contribution < -0.4 is 5.32 Å². The van der Waals surface area contributed by atoms with Crippen molar-refractivity contribution in [3.8, 4) is 0 Å². The second-order valence-corrected chi connectivity index (χ2v) is 5.55. The molecular weight excluding hydrogens is 298 g/mol. The molecule has 2 rings (SSSR count). The van der Waals surface area contributed by atoms with E-state index in [1.807, 2.05) is 12.1 Å². The topological polar surface area (TPSA) is 78.0 Å². The van der Waals surface area contributed by atoms with Gasteiger partial charge in [0.1, 0.15) is 11.5 Å². The highest BCUT2D eigenvalue weighted by Gasteiger charge is 2.09. The first-order valence-electron chi connectivity index (χ1n) is 5.98. The zero-order valence-electron chi connectivity index (χ0n) is 10.6. The van der Waals surface area contributed by atoms with Gasteiger partial charge in [0.05, 0.1) is 11.6 Å². The van der Waals surface area contributed by atoms with Crippen LogP contribution in [0.15, 0.2) is 30.6 Å². The highest BCUT2D eigenvalue weighted by Crippen LogP contribution is 2.15. The normalized spacial score (nSPS) is 10.5. The van der Waals surface area contributed by atoms with Crippen molar-refractivity contribution in [2.24, 2.45) is 0 Å². The van der Waals surface area contributed by atoms with Crippen LogP contribution in [0.3, 0.4) is 0 Å². The molecule has 106 valence electrons. The maximum Gasteiger partial charge on any atom is 0.273 e. The number of aliphatic hydroxyl groups is 1. The van der Waals surface area contributed by atoms with Crippen LogP contribution >= 0.6 is 23.4 Å². The molecule has 0 bridgehead atoms. The van der Waals surface area contributed by atoms with Gasteiger partial charge in [0.15, 0.2) is 0 Å². The molecule has 0 aromatic carbocycles. The van der Waals surface area contributed by atoms with Crippen LogP contribution in [0.25, 0.3) is 0 Å². The fourth-order valence-corrected chi connectivity index (χ4v) is 2.42. The Morgan fingerprint density at radius 3 is 3.05 bits per heavy atom. The summed E-state index contributed by atoms with van der Waals surface area (Å²) in [7, 11) is 0. The summed E-state index contributed by atoms with van der Waals surface area (Å²) in [5.41, 5.74) is 1.43. The van der Waals surface area contributed by atoms with Crippen LogP contribution in [-0.2, 0) is 5.75 Å². The van der Waals surface area contributed by atoms with Gasteiger partial charge in [-0.2, -0.15) is 11.8 Å². The molecule has 0 atom stereocenters. The van der Waals surface area contributed by atoms with Gasteiger partial charge in [-0.1, -0.05) is 11.6 Å². The molecular formula is C13H14ClN3O2S. The smallest absolute Gasteiger partial charge is 0.273 e.